The van der Waals surface area contributed by atoms with Crippen LogP contribution in [0.4, 0.5) is 5.95 Å². The number of rotatable bonds is 0. The largest absolute Gasteiger partial charge is 0.421 e. The van der Waals surface area contributed by atoms with Crippen molar-refractivity contribution in [2.75, 3.05) is 5.73 Å². The third kappa shape index (κ3) is 1.20. The van der Waals surface area contributed by atoms with E-state index in [4.69, 9.17) is 21.6 Å². The molecule has 9 heteroatoms. The Labute approximate surface area is 64.7 Å². The molecule has 0 saturated carbocycles. The average molecular weight is 177 g/mol. The average Bonchev–Trinajstić information content (AvgIpc) is 1.97. The maximum atomic E-state index is 10.6. The highest BCUT2D eigenvalue weighted by Crippen LogP contribution is 1.79. The molecule has 12 heavy (non-hydrogen) atoms. The van der Waals surface area contributed by atoms with Crippen LogP contribution >= 0.6 is 0 Å². The first-order valence-corrected chi connectivity index (χ1v) is 2.48. The smallest absolute Gasteiger partial charge is 0.400 e. The van der Waals surface area contributed by atoms with Gasteiger partial charge in [0.1, 0.15) is 0 Å². The first-order valence-electron chi connectivity index (χ1n) is 2.48. The summed E-state index contributed by atoms with van der Waals surface area (Å²) < 4.78 is -0.214. The van der Waals surface area contributed by atoms with E-state index in [2.05, 4.69) is 4.98 Å². The van der Waals surface area contributed by atoms with Crippen LogP contribution in [0.3, 0.4) is 0 Å². The van der Waals surface area contributed by atoms with E-state index in [-0.39, 0.29) is 14.9 Å². The van der Waals surface area contributed by atoms with E-state index in [9.17, 15) is 4.79 Å². The second kappa shape index (κ2) is 2.92. The number of nitrogen functional groups attached to an aromatic ring is 1. The molecule has 1 aromatic rings. The summed E-state index contributed by atoms with van der Waals surface area (Å²) in [5.41, 5.74) is 2.98. The van der Waals surface area contributed by atoms with Crippen LogP contribution in [0.2, 0.25) is 0 Å². The zero-order valence-corrected chi connectivity index (χ0v) is 5.72. The Morgan fingerprint density at radius 3 is 2.42 bits per heavy atom. The van der Waals surface area contributed by atoms with Gasteiger partial charge in [0, 0.05) is 0 Å². The molecule has 0 aliphatic rings. The molecule has 1 rings (SSSR count). The van der Waals surface area contributed by atoms with Gasteiger partial charge in [-0.25, -0.2) is 4.79 Å². The van der Waals surface area contributed by atoms with E-state index in [0.717, 1.165) is 0 Å². The number of nitrogens with two attached hydrogens (primary N) is 1. The number of nitrogens with one attached hydrogen (secondary N) is 1. The van der Waals surface area contributed by atoms with Gasteiger partial charge in [0.05, 0.1) is 0 Å². The molecule has 1 aromatic heterocycles. The van der Waals surface area contributed by atoms with Crippen molar-refractivity contribution >= 4 is 5.95 Å². The van der Waals surface area contributed by atoms with Gasteiger partial charge in [-0.05, 0) is 0 Å². The van der Waals surface area contributed by atoms with Gasteiger partial charge in [-0.15, -0.1) is 0 Å². The summed E-state index contributed by atoms with van der Waals surface area (Å²) in [6, 6.07) is 0. The Morgan fingerprint density at radius 2 is 1.92 bits per heavy atom. The molecule has 0 amide bonds. The Hall–Kier alpha value is -2.03. The van der Waals surface area contributed by atoms with Crippen LogP contribution in [0.15, 0.2) is 4.79 Å². The lowest BCUT2D eigenvalue weighted by molar-refractivity contribution is 0.0957. The third-order valence-electron chi connectivity index (χ3n) is 1.00. The van der Waals surface area contributed by atoms with Gasteiger partial charge in [0.15, 0.2) is 0 Å². The highest BCUT2D eigenvalue weighted by atomic mass is 16.5. The van der Waals surface area contributed by atoms with E-state index in [0.29, 0.717) is 0 Å². The second-order valence-corrected chi connectivity index (χ2v) is 1.70. The zero-order valence-electron chi connectivity index (χ0n) is 5.72. The van der Waals surface area contributed by atoms with E-state index < -0.39 is 17.3 Å². The van der Waals surface area contributed by atoms with Crippen molar-refractivity contribution in [3.05, 3.63) is 16.1 Å². The molecular formula is C3H7N5O4. The maximum Gasteiger partial charge on any atom is 0.400 e. The summed E-state index contributed by atoms with van der Waals surface area (Å²) in [4.78, 5) is 13.7. The molecule has 68 valence electrons. The van der Waals surface area contributed by atoms with Gasteiger partial charge in [0.2, 0.25) is 5.95 Å². The van der Waals surface area contributed by atoms with Crippen LogP contribution in [0.5, 0.6) is 0 Å². The summed E-state index contributed by atoms with van der Waals surface area (Å²) >= 11 is 0. The fourth-order valence-electron chi connectivity index (χ4n) is 0.482. The molecule has 1 heterocycles. The Kier molecular flexibility index (Phi) is 2.43. The highest BCUT2D eigenvalue weighted by molar-refractivity contribution is 5.10. The van der Waals surface area contributed by atoms with Crippen molar-refractivity contribution in [3.8, 4) is 0 Å². The molecule has 0 fully saturated rings. The second-order valence-electron chi connectivity index (χ2n) is 1.70. The Bertz CT molecular complexity index is 391. The molecule has 0 unspecified atom stereocenters. The van der Waals surface area contributed by atoms with Crippen molar-refractivity contribution in [1.82, 2.24) is 14.4 Å². The molecule has 0 aromatic carbocycles. The molecule has 0 atom stereocenters. The predicted octanol–water partition coefficient (Wildman–Crippen LogP) is -3.24. The van der Waals surface area contributed by atoms with E-state index in [1.165, 1.54) is 0 Å². The number of hydrogen-bond donors (Lipinski definition) is 4. The van der Waals surface area contributed by atoms with Crippen molar-refractivity contribution in [2.45, 2.75) is 0 Å². The minimum absolute atomic E-state index is 0. The molecule has 0 aliphatic heterocycles. The first kappa shape index (κ1) is 9.97. The summed E-state index contributed by atoms with van der Waals surface area (Å²) in [5, 5.41) is 24.1. The SMILES string of the molecule is N=c1nc(N)n(O)c(=O)n1O.O. The minimum Gasteiger partial charge on any atom is -0.421 e. The van der Waals surface area contributed by atoms with Crippen LogP contribution in [0, 0.1) is 5.41 Å². The lowest BCUT2D eigenvalue weighted by atomic mass is 10.9. The van der Waals surface area contributed by atoms with Crippen LogP contribution in [0.1, 0.15) is 0 Å². The zero-order chi connectivity index (χ0) is 8.59. The van der Waals surface area contributed by atoms with E-state index >= 15 is 0 Å². The van der Waals surface area contributed by atoms with Crippen molar-refractivity contribution in [3.63, 3.8) is 0 Å². The summed E-state index contributed by atoms with van der Waals surface area (Å²) in [6.07, 6.45) is 0. The molecular weight excluding hydrogens is 170 g/mol. The minimum atomic E-state index is -1.23. The van der Waals surface area contributed by atoms with E-state index in [1.807, 2.05) is 0 Å². The quantitative estimate of drug-likeness (QED) is 0.305. The van der Waals surface area contributed by atoms with Crippen molar-refractivity contribution < 1.29 is 15.9 Å². The Balaban J connectivity index is 0.00000121. The molecule has 9 nitrogen and oxygen atoms in total. The number of nitrogens with zero attached hydrogens (tertiary/aromatic N) is 3. The predicted molar refractivity (Wildman–Crippen MR) is 34.7 cm³/mol. The van der Waals surface area contributed by atoms with Gasteiger partial charge in [-0.3, -0.25) is 5.41 Å². The molecule has 0 spiro atoms. The first-order chi connectivity index (χ1) is 5.04. The van der Waals surface area contributed by atoms with Crippen molar-refractivity contribution in [2.24, 2.45) is 0 Å². The molecule has 0 saturated heterocycles. The van der Waals surface area contributed by atoms with Gasteiger partial charge >= 0.3 is 5.69 Å². The highest BCUT2D eigenvalue weighted by Gasteiger charge is 2.04. The monoisotopic (exact) mass is 177 g/mol. The lowest BCUT2D eigenvalue weighted by Crippen LogP contribution is -2.41. The lowest BCUT2D eigenvalue weighted by Gasteiger charge is -2.00. The maximum absolute atomic E-state index is 10.6. The van der Waals surface area contributed by atoms with Gasteiger partial charge < -0.3 is 21.6 Å². The summed E-state index contributed by atoms with van der Waals surface area (Å²) in [5.74, 6) is -0.551. The fourth-order valence-corrected chi connectivity index (χ4v) is 0.482. The van der Waals surface area contributed by atoms with E-state index in [1.54, 1.807) is 0 Å². The standard InChI is InChI=1S/C3H5N5O3.H2O/c4-1-6-2(5)8(11)3(9)7(1)10;/h10-11H,(H3,4,5,6);1H2. The fraction of sp³-hybridized carbons (Fsp3) is 0. The Morgan fingerprint density at radius 1 is 1.42 bits per heavy atom. The summed E-state index contributed by atoms with van der Waals surface area (Å²) in [7, 11) is 0. The third-order valence-corrected chi connectivity index (χ3v) is 1.00. The topological polar surface area (TPSA) is 162 Å². The number of hydrogen-bond acceptors (Lipinski definition) is 6. The van der Waals surface area contributed by atoms with Crippen molar-refractivity contribution in [1.29, 1.82) is 5.41 Å². The van der Waals surface area contributed by atoms with Gasteiger partial charge in [-0.2, -0.15) is 4.98 Å². The number of anilines is 1. The summed E-state index contributed by atoms with van der Waals surface area (Å²) in [6.45, 7) is 0. The van der Waals surface area contributed by atoms with Gasteiger partial charge in [-0.1, -0.05) is 9.46 Å². The van der Waals surface area contributed by atoms with Crippen LogP contribution in [0.25, 0.3) is 0 Å². The molecule has 7 N–H and O–H groups in total. The van der Waals surface area contributed by atoms with Crippen LogP contribution in [-0.4, -0.2) is 30.3 Å². The molecule has 0 radical (unpaired) electrons. The number of aromatic nitrogens is 3. The van der Waals surface area contributed by atoms with Crippen LogP contribution < -0.4 is 17.0 Å². The van der Waals surface area contributed by atoms with Gasteiger partial charge in [0.25, 0.3) is 5.62 Å². The van der Waals surface area contributed by atoms with Crippen LogP contribution in [-0.2, 0) is 0 Å². The molecule has 0 aliphatic carbocycles. The molecule has 0 bridgehead atoms. The normalized spacial score (nSPS) is 9.00.